The van der Waals surface area contributed by atoms with Crippen LogP contribution in [0.5, 0.6) is 5.75 Å². The molecule has 2 N–H and O–H groups in total. The first-order chi connectivity index (χ1) is 11.0. The molecule has 0 aliphatic rings. The second kappa shape index (κ2) is 7.32. The molecule has 0 saturated heterocycles. The zero-order valence-corrected chi connectivity index (χ0v) is 14.3. The molecule has 0 radical (unpaired) electrons. The van der Waals surface area contributed by atoms with Crippen LogP contribution >= 0.6 is 0 Å². The van der Waals surface area contributed by atoms with Crippen molar-refractivity contribution >= 4 is 21.5 Å². The summed E-state index contributed by atoms with van der Waals surface area (Å²) in [5.41, 5.74) is 1.17. The number of aryl methyl sites for hydroxylation is 1. The Morgan fingerprint density at radius 3 is 2.57 bits per heavy atom. The van der Waals surface area contributed by atoms with Gasteiger partial charge in [0.05, 0.1) is 23.9 Å². The highest BCUT2D eigenvalue weighted by Gasteiger charge is 2.15. The van der Waals surface area contributed by atoms with Gasteiger partial charge in [0.2, 0.25) is 0 Å². The highest BCUT2D eigenvalue weighted by atomic mass is 32.2. The van der Waals surface area contributed by atoms with Gasteiger partial charge in [0.25, 0.3) is 10.0 Å². The summed E-state index contributed by atoms with van der Waals surface area (Å²) in [6.07, 6.45) is 2.48. The fourth-order valence-electron chi connectivity index (χ4n) is 2.04. The summed E-state index contributed by atoms with van der Waals surface area (Å²) in [6, 6.07) is 8.15. The first-order valence-corrected chi connectivity index (χ1v) is 8.82. The van der Waals surface area contributed by atoms with Crippen molar-refractivity contribution in [3.05, 3.63) is 42.1 Å². The van der Waals surface area contributed by atoms with Crippen molar-refractivity contribution in [3.63, 3.8) is 0 Å². The monoisotopic (exact) mass is 335 g/mol. The maximum Gasteiger partial charge on any atom is 0.261 e. The van der Waals surface area contributed by atoms with Gasteiger partial charge >= 0.3 is 0 Å². The fraction of sp³-hybridized carbons (Fsp3) is 0.312. The number of benzene rings is 1. The number of methoxy groups -OCH3 is 1. The van der Waals surface area contributed by atoms with Crippen LogP contribution in [0.3, 0.4) is 0 Å². The lowest BCUT2D eigenvalue weighted by atomic mass is 10.2. The molecule has 0 spiro atoms. The minimum Gasteiger partial charge on any atom is -0.496 e. The zero-order chi connectivity index (χ0) is 16.9. The molecule has 1 heterocycles. The Balaban J connectivity index is 2.16. The van der Waals surface area contributed by atoms with E-state index in [9.17, 15) is 8.42 Å². The number of pyridine rings is 1. The van der Waals surface area contributed by atoms with Crippen molar-refractivity contribution in [2.45, 2.75) is 25.2 Å². The van der Waals surface area contributed by atoms with Gasteiger partial charge in [0.1, 0.15) is 11.6 Å². The van der Waals surface area contributed by atoms with Crippen LogP contribution in [-0.2, 0) is 10.0 Å². The summed E-state index contributed by atoms with van der Waals surface area (Å²) in [6.45, 7) is 4.68. The molecule has 0 aliphatic heterocycles. The van der Waals surface area contributed by atoms with Gasteiger partial charge in [-0.25, -0.2) is 13.4 Å². The molecule has 0 fully saturated rings. The third-order valence-corrected chi connectivity index (χ3v) is 4.63. The van der Waals surface area contributed by atoms with Crippen LogP contribution in [0, 0.1) is 6.92 Å². The molecule has 1 aromatic heterocycles. The Bertz CT molecular complexity index is 759. The van der Waals surface area contributed by atoms with Crippen LogP contribution < -0.4 is 14.8 Å². The van der Waals surface area contributed by atoms with Crippen molar-refractivity contribution in [1.82, 2.24) is 4.98 Å². The van der Waals surface area contributed by atoms with Crippen LogP contribution in [0.1, 0.15) is 18.9 Å². The molecule has 7 heteroatoms. The van der Waals surface area contributed by atoms with Crippen molar-refractivity contribution < 1.29 is 13.2 Å². The van der Waals surface area contributed by atoms with Gasteiger partial charge in [-0.3, -0.25) is 4.72 Å². The van der Waals surface area contributed by atoms with Gasteiger partial charge in [-0.1, -0.05) is 6.92 Å². The lowest BCUT2D eigenvalue weighted by Crippen LogP contribution is -2.13. The van der Waals surface area contributed by atoms with Crippen LogP contribution in [0.2, 0.25) is 0 Å². The van der Waals surface area contributed by atoms with Crippen LogP contribution in [-0.4, -0.2) is 27.1 Å². The number of nitrogens with one attached hydrogen (secondary N) is 2. The second-order valence-corrected chi connectivity index (χ2v) is 6.78. The van der Waals surface area contributed by atoms with E-state index in [4.69, 9.17) is 4.74 Å². The predicted molar refractivity (Wildman–Crippen MR) is 91.6 cm³/mol. The van der Waals surface area contributed by atoms with E-state index >= 15 is 0 Å². The van der Waals surface area contributed by atoms with Crippen LogP contribution in [0.15, 0.2) is 41.4 Å². The molecule has 0 unspecified atom stereocenters. The SMILES string of the molecule is CCCNc1ccc(NS(=O)(=O)c2ccc(OC)c(C)c2)cn1. The maximum atomic E-state index is 12.4. The van der Waals surface area contributed by atoms with Gasteiger partial charge in [0, 0.05) is 6.54 Å². The summed E-state index contributed by atoms with van der Waals surface area (Å²) in [7, 11) is -2.11. The number of ether oxygens (including phenoxy) is 1. The molecule has 0 bridgehead atoms. The minimum absolute atomic E-state index is 0.184. The lowest BCUT2D eigenvalue weighted by Gasteiger charge is -2.11. The molecule has 2 rings (SSSR count). The summed E-state index contributed by atoms with van der Waals surface area (Å²) in [5, 5.41) is 3.13. The number of hydrogen-bond acceptors (Lipinski definition) is 5. The van der Waals surface area contributed by atoms with Gasteiger partial charge in [-0.15, -0.1) is 0 Å². The van der Waals surface area contributed by atoms with E-state index in [1.165, 1.54) is 12.3 Å². The Kier molecular flexibility index (Phi) is 5.44. The van der Waals surface area contributed by atoms with E-state index in [-0.39, 0.29) is 4.90 Å². The summed E-state index contributed by atoms with van der Waals surface area (Å²) in [4.78, 5) is 4.37. The molecule has 23 heavy (non-hydrogen) atoms. The Hall–Kier alpha value is -2.28. The molecule has 1 aromatic carbocycles. The zero-order valence-electron chi connectivity index (χ0n) is 13.5. The fourth-order valence-corrected chi connectivity index (χ4v) is 3.17. The van der Waals surface area contributed by atoms with E-state index in [2.05, 4.69) is 21.9 Å². The average Bonchev–Trinajstić information content (AvgIpc) is 2.54. The van der Waals surface area contributed by atoms with E-state index < -0.39 is 10.0 Å². The van der Waals surface area contributed by atoms with Crippen molar-refractivity contribution in [3.8, 4) is 5.75 Å². The summed E-state index contributed by atoms with van der Waals surface area (Å²) >= 11 is 0. The van der Waals surface area contributed by atoms with E-state index in [0.717, 1.165) is 24.3 Å². The van der Waals surface area contributed by atoms with E-state index in [0.29, 0.717) is 11.4 Å². The predicted octanol–water partition coefficient (Wildman–Crippen LogP) is 3.02. The summed E-state index contributed by atoms with van der Waals surface area (Å²) < 4.78 is 32.5. The molecule has 0 atom stereocenters. The minimum atomic E-state index is -3.66. The van der Waals surface area contributed by atoms with Crippen LogP contribution in [0.4, 0.5) is 11.5 Å². The topological polar surface area (TPSA) is 80.3 Å². The number of nitrogens with zero attached hydrogens (tertiary/aromatic N) is 1. The Morgan fingerprint density at radius 2 is 2.00 bits per heavy atom. The first kappa shape index (κ1) is 17.1. The Morgan fingerprint density at radius 1 is 1.22 bits per heavy atom. The van der Waals surface area contributed by atoms with Gasteiger partial charge in [0.15, 0.2) is 0 Å². The molecule has 0 aliphatic carbocycles. The van der Waals surface area contributed by atoms with Crippen molar-refractivity contribution in [1.29, 1.82) is 0 Å². The molecule has 124 valence electrons. The molecular weight excluding hydrogens is 314 g/mol. The number of rotatable bonds is 7. The molecular formula is C16H21N3O3S. The van der Waals surface area contributed by atoms with E-state index in [1.54, 1.807) is 38.3 Å². The van der Waals surface area contributed by atoms with Gasteiger partial charge in [-0.2, -0.15) is 0 Å². The molecule has 0 saturated carbocycles. The molecule has 0 amide bonds. The smallest absolute Gasteiger partial charge is 0.261 e. The Labute approximate surface area is 137 Å². The second-order valence-electron chi connectivity index (χ2n) is 5.10. The molecule has 6 nitrogen and oxygen atoms in total. The first-order valence-electron chi connectivity index (χ1n) is 7.33. The van der Waals surface area contributed by atoms with Gasteiger partial charge in [-0.05, 0) is 49.2 Å². The highest BCUT2D eigenvalue weighted by molar-refractivity contribution is 7.92. The number of aromatic nitrogens is 1. The standard InChI is InChI=1S/C16H21N3O3S/c1-4-9-17-16-8-5-13(11-18-16)19-23(20,21)14-6-7-15(22-3)12(2)10-14/h5-8,10-11,19H,4,9H2,1-3H3,(H,17,18). The lowest BCUT2D eigenvalue weighted by molar-refractivity contribution is 0.411. The van der Waals surface area contributed by atoms with E-state index in [1.807, 2.05) is 0 Å². The average molecular weight is 335 g/mol. The number of hydrogen-bond donors (Lipinski definition) is 2. The number of sulfonamides is 1. The largest absolute Gasteiger partial charge is 0.496 e. The van der Waals surface area contributed by atoms with Crippen LogP contribution in [0.25, 0.3) is 0 Å². The normalized spacial score (nSPS) is 11.1. The molecule has 2 aromatic rings. The summed E-state index contributed by atoms with van der Waals surface area (Å²) in [5.74, 6) is 1.37. The van der Waals surface area contributed by atoms with Crippen molar-refractivity contribution in [2.75, 3.05) is 23.7 Å². The number of anilines is 2. The van der Waals surface area contributed by atoms with Gasteiger partial charge < -0.3 is 10.1 Å². The maximum absolute atomic E-state index is 12.4. The third-order valence-electron chi connectivity index (χ3n) is 3.25. The highest BCUT2D eigenvalue weighted by Crippen LogP contribution is 2.23. The quantitative estimate of drug-likeness (QED) is 0.813. The van der Waals surface area contributed by atoms with Crippen molar-refractivity contribution in [2.24, 2.45) is 0 Å². The third kappa shape index (κ3) is 4.35.